The third kappa shape index (κ3) is 4.06. The predicted octanol–water partition coefficient (Wildman–Crippen LogP) is 4.12. The van der Waals surface area contributed by atoms with Gasteiger partial charge in [-0.15, -0.1) is 22.7 Å². The summed E-state index contributed by atoms with van der Waals surface area (Å²) in [5, 5.41) is 14.0. The number of hydrogen-bond acceptors (Lipinski definition) is 6. The molecule has 0 atom stereocenters. The van der Waals surface area contributed by atoms with Crippen molar-refractivity contribution in [2.75, 3.05) is 4.72 Å². The number of benzene rings is 1. The van der Waals surface area contributed by atoms with Crippen molar-refractivity contribution in [2.45, 2.75) is 29.6 Å². The van der Waals surface area contributed by atoms with Gasteiger partial charge in [-0.05, 0) is 47.9 Å². The van der Waals surface area contributed by atoms with Crippen molar-refractivity contribution in [3.8, 4) is 5.75 Å². The second kappa shape index (κ2) is 7.57. The average Bonchev–Trinajstić information content (AvgIpc) is 3.11. The Bertz CT molecular complexity index is 1070. The molecule has 4 rings (SSSR count). The lowest BCUT2D eigenvalue weighted by Gasteiger charge is -2.22. The highest BCUT2D eigenvalue weighted by Crippen LogP contribution is 2.33. The Kier molecular flexibility index (Phi) is 5.13. The van der Waals surface area contributed by atoms with Crippen LogP contribution in [0, 0.1) is 0 Å². The van der Waals surface area contributed by atoms with E-state index in [1.54, 1.807) is 27.7 Å². The summed E-state index contributed by atoms with van der Waals surface area (Å²) in [6.45, 7) is 0.507. The highest BCUT2D eigenvalue weighted by molar-refractivity contribution is 7.94. The molecule has 28 heavy (non-hydrogen) atoms. The van der Waals surface area contributed by atoms with Crippen LogP contribution in [0.5, 0.6) is 5.75 Å². The Hall–Kier alpha value is -2.36. The quantitative estimate of drug-likeness (QED) is 0.586. The zero-order valence-corrected chi connectivity index (χ0v) is 17.2. The second-order valence-electron chi connectivity index (χ2n) is 6.51. The number of aromatic hydroxyl groups is 1. The minimum Gasteiger partial charge on any atom is -0.507 e. The fourth-order valence-corrected chi connectivity index (χ4v) is 5.62. The Balaban J connectivity index is 1.54. The van der Waals surface area contributed by atoms with E-state index in [0.717, 1.165) is 29.1 Å². The summed E-state index contributed by atoms with van der Waals surface area (Å²) in [7, 11) is -3.71. The zero-order valence-electron chi connectivity index (χ0n) is 14.7. The van der Waals surface area contributed by atoms with Crippen molar-refractivity contribution >= 4 is 44.3 Å². The summed E-state index contributed by atoms with van der Waals surface area (Å²) in [6, 6.07) is 11.5. The molecule has 3 aromatic rings. The molecule has 0 saturated heterocycles. The number of anilines is 1. The van der Waals surface area contributed by atoms with Crippen molar-refractivity contribution in [1.82, 2.24) is 4.90 Å². The maximum atomic E-state index is 13.0. The number of hydrogen-bond donors (Lipinski definition) is 2. The first-order valence-electron chi connectivity index (χ1n) is 8.67. The van der Waals surface area contributed by atoms with Gasteiger partial charge >= 0.3 is 0 Å². The molecule has 2 aromatic heterocycles. The highest BCUT2D eigenvalue weighted by Gasteiger charge is 2.34. The van der Waals surface area contributed by atoms with E-state index >= 15 is 0 Å². The van der Waals surface area contributed by atoms with Gasteiger partial charge in [0.05, 0.1) is 17.8 Å². The molecule has 1 fully saturated rings. The summed E-state index contributed by atoms with van der Waals surface area (Å²) in [4.78, 5) is 15.8. The fourth-order valence-electron chi connectivity index (χ4n) is 2.88. The molecule has 0 spiro atoms. The number of phenolic OH excluding ortho intramolecular Hbond substituents is 1. The molecule has 2 heterocycles. The third-order valence-corrected chi connectivity index (χ3v) is 8.03. The molecule has 146 valence electrons. The van der Waals surface area contributed by atoms with Crippen molar-refractivity contribution in [2.24, 2.45) is 0 Å². The van der Waals surface area contributed by atoms with E-state index in [1.165, 1.54) is 24.3 Å². The molecule has 9 heteroatoms. The van der Waals surface area contributed by atoms with Crippen LogP contribution in [0.4, 0.5) is 5.69 Å². The van der Waals surface area contributed by atoms with Gasteiger partial charge in [-0.2, -0.15) is 0 Å². The van der Waals surface area contributed by atoms with E-state index in [9.17, 15) is 18.3 Å². The normalized spacial score (nSPS) is 14.0. The number of phenols is 1. The molecule has 0 radical (unpaired) electrons. The number of carbonyl (C=O) groups is 1. The molecule has 1 aliphatic rings. The van der Waals surface area contributed by atoms with Crippen LogP contribution in [0.2, 0.25) is 0 Å². The van der Waals surface area contributed by atoms with Crippen LogP contribution in [0.1, 0.15) is 28.1 Å². The van der Waals surface area contributed by atoms with Crippen LogP contribution in [-0.4, -0.2) is 30.4 Å². The van der Waals surface area contributed by atoms with E-state index < -0.39 is 10.0 Å². The minimum absolute atomic E-state index is 0.169. The van der Waals surface area contributed by atoms with E-state index in [1.807, 2.05) is 17.5 Å². The Morgan fingerprint density at radius 2 is 1.89 bits per heavy atom. The summed E-state index contributed by atoms with van der Waals surface area (Å²) < 4.78 is 27.3. The fraction of sp³-hybridized carbons (Fsp3) is 0.211. The van der Waals surface area contributed by atoms with Crippen LogP contribution >= 0.6 is 22.7 Å². The Morgan fingerprint density at radius 3 is 2.50 bits per heavy atom. The van der Waals surface area contributed by atoms with Gasteiger partial charge in [0, 0.05) is 17.0 Å². The van der Waals surface area contributed by atoms with E-state index in [4.69, 9.17) is 0 Å². The summed E-state index contributed by atoms with van der Waals surface area (Å²) in [5.41, 5.74) is 0.376. The molecular weight excluding hydrogens is 416 g/mol. The minimum atomic E-state index is -3.71. The maximum Gasteiger partial charge on any atom is 0.271 e. The van der Waals surface area contributed by atoms with Gasteiger partial charge in [-0.3, -0.25) is 9.52 Å². The van der Waals surface area contributed by atoms with Crippen LogP contribution in [-0.2, 0) is 16.6 Å². The lowest BCUT2D eigenvalue weighted by atomic mass is 10.1. The first kappa shape index (κ1) is 19.0. The smallest absolute Gasteiger partial charge is 0.271 e. The summed E-state index contributed by atoms with van der Waals surface area (Å²) >= 11 is 2.69. The van der Waals surface area contributed by atoms with E-state index in [-0.39, 0.29) is 33.2 Å². The SMILES string of the molecule is O=C(c1ccc(NS(=O)(=O)c2cccs2)cc1O)N(Cc1cccs1)C1CC1. The molecule has 1 amide bonds. The first-order valence-corrected chi connectivity index (χ1v) is 11.9. The molecule has 0 unspecified atom stereocenters. The summed E-state index contributed by atoms with van der Waals surface area (Å²) in [5.74, 6) is -0.491. The molecule has 6 nitrogen and oxygen atoms in total. The maximum absolute atomic E-state index is 13.0. The lowest BCUT2D eigenvalue weighted by molar-refractivity contribution is 0.0728. The molecule has 0 bridgehead atoms. The second-order valence-corrected chi connectivity index (χ2v) is 10.4. The zero-order chi connectivity index (χ0) is 19.7. The number of nitrogens with zero attached hydrogens (tertiary/aromatic N) is 1. The standard InChI is InChI=1S/C19H18N2O4S3/c22-17-11-13(20-28(24,25)18-4-2-10-27-18)5-8-16(17)19(23)21(14-6-7-14)12-15-3-1-9-26-15/h1-5,8-11,14,20,22H,6-7,12H2. The van der Waals surface area contributed by atoms with Crippen LogP contribution < -0.4 is 4.72 Å². The Morgan fingerprint density at radius 1 is 1.14 bits per heavy atom. The summed E-state index contributed by atoms with van der Waals surface area (Å²) in [6.07, 6.45) is 1.91. The number of sulfonamides is 1. The highest BCUT2D eigenvalue weighted by atomic mass is 32.2. The number of amides is 1. The van der Waals surface area contributed by atoms with Crippen LogP contribution in [0.25, 0.3) is 0 Å². The van der Waals surface area contributed by atoms with E-state index in [2.05, 4.69) is 4.72 Å². The molecular formula is C19H18N2O4S3. The number of thiophene rings is 2. The van der Waals surface area contributed by atoms with Gasteiger partial charge in [0.2, 0.25) is 0 Å². The number of nitrogens with one attached hydrogen (secondary N) is 1. The van der Waals surface area contributed by atoms with Gasteiger partial charge in [-0.25, -0.2) is 8.42 Å². The Labute approximate surface area is 171 Å². The third-order valence-electron chi connectivity index (χ3n) is 4.40. The van der Waals surface area contributed by atoms with Crippen molar-refractivity contribution in [1.29, 1.82) is 0 Å². The van der Waals surface area contributed by atoms with Gasteiger partial charge in [0.25, 0.3) is 15.9 Å². The lowest BCUT2D eigenvalue weighted by Crippen LogP contribution is -2.32. The van der Waals surface area contributed by atoms with Gasteiger partial charge < -0.3 is 10.0 Å². The topological polar surface area (TPSA) is 86.7 Å². The van der Waals surface area contributed by atoms with Crippen LogP contribution in [0.15, 0.2) is 57.4 Å². The first-order chi connectivity index (χ1) is 13.4. The van der Waals surface area contributed by atoms with Crippen molar-refractivity contribution < 1.29 is 18.3 Å². The van der Waals surface area contributed by atoms with Gasteiger partial charge in [0.1, 0.15) is 9.96 Å². The van der Waals surface area contributed by atoms with Crippen molar-refractivity contribution in [3.05, 3.63) is 63.7 Å². The number of rotatable bonds is 7. The average molecular weight is 435 g/mol. The van der Waals surface area contributed by atoms with Gasteiger partial charge in [-0.1, -0.05) is 12.1 Å². The predicted molar refractivity (Wildman–Crippen MR) is 110 cm³/mol. The number of carbonyl (C=O) groups excluding carboxylic acids is 1. The molecule has 2 N–H and O–H groups in total. The molecule has 1 aromatic carbocycles. The van der Waals surface area contributed by atoms with Crippen molar-refractivity contribution in [3.63, 3.8) is 0 Å². The molecule has 1 saturated carbocycles. The van der Waals surface area contributed by atoms with Crippen LogP contribution in [0.3, 0.4) is 0 Å². The molecule has 0 aliphatic heterocycles. The van der Waals surface area contributed by atoms with E-state index in [0.29, 0.717) is 6.54 Å². The largest absolute Gasteiger partial charge is 0.507 e. The molecule has 1 aliphatic carbocycles. The monoisotopic (exact) mass is 434 g/mol. The van der Waals surface area contributed by atoms with Gasteiger partial charge in [0.15, 0.2) is 0 Å².